The second-order valence-electron chi connectivity index (χ2n) is 19.6. The normalized spacial score (nSPS) is 23.0. The minimum absolute atomic E-state index is 0.114. The average molecular weight is 998 g/mol. The van der Waals surface area contributed by atoms with Gasteiger partial charge in [0.1, 0.15) is 48.0 Å². The Morgan fingerprint density at radius 2 is 1.51 bits per heavy atom. The number of cyclic esters (lactones) is 1. The maximum absolute atomic E-state index is 17.0. The van der Waals surface area contributed by atoms with Gasteiger partial charge in [0, 0.05) is 24.2 Å². The Hall–Kier alpha value is -7.87. The maximum atomic E-state index is 17.0. The number of hydrogen-bond acceptors (Lipinski definition) is 12. The molecule has 16 nitrogen and oxygen atoms in total. The number of urea groups is 1. The van der Waals surface area contributed by atoms with Crippen molar-refractivity contribution in [2.75, 3.05) is 38.3 Å². The first-order valence-electron chi connectivity index (χ1n) is 25.4. The molecule has 0 saturated carbocycles. The van der Waals surface area contributed by atoms with Crippen LogP contribution < -0.4 is 15.0 Å². The molecule has 4 aliphatic heterocycles. The van der Waals surface area contributed by atoms with Gasteiger partial charge in [0.15, 0.2) is 0 Å². The van der Waals surface area contributed by atoms with Crippen molar-refractivity contribution in [3.05, 3.63) is 155 Å². The fraction of sp³-hybridized carbons (Fsp3) is 0.362. The van der Waals surface area contributed by atoms with E-state index in [9.17, 15) is 9.90 Å². The Kier molecular flexibility index (Phi) is 14.3. The van der Waals surface area contributed by atoms with Gasteiger partial charge in [0.05, 0.1) is 42.9 Å². The predicted molar refractivity (Wildman–Crippen MR) is 274 cm³/mol. The number of amides is 4. The Balaban J connectivity index is 1.27. The van der Waals surface area contributed by atoms with Gasteiger partial charge in [-0.15, -0.1) is 5.10 Å². The van der Waals surface area contributed by atoms with Gasteiger partial charge in [-0.2, -0.15) is 0 Å². The van der Waals surface area contributed by atoms with E-state index in [2.05, 4.69) is 27.5 Å². The van der Waals surface area contributed by atoms with E-state index in [0.717, 1.165) is 35.2 Å². The summed E-state index contributed by atoms with van der Waals surface area (Å²) in [5.74, 6) is 2.17. The topological polar surface area (TPSA) is 186 Å². The zero-order valence-corrected chi connectivity index (χ0v) is 41.6. The average Bonchev–Trinajstić information content (AvgIpc) is 4.05. The maximum Gasteiger partial charge on any atom is 0.329 e. The van der Waals surface area contributed by atoms with Crippen molar-refractivity contribution in [1.82, 2.24) is 30.1 Å². The number of aliphatic hydroxyl groups is 1. The summed E-state index contributed by atoms with van der Waals surface area (Å²) in [6.07, 6.45) is 3.26. The van der Waals surface area contributed by atoms with E-state index in [1.165, 1.54) is 7.11 Å². The molecule has 5 heterocycles. The standard InChI is InChI=1S/C58H59N7O9/c1-37(2)48(54(68)72-3)59-57(71)64-44-30-29-38(20-19-33-63-45-27-15-14-26-43(45)60-61-63)36-42(44)58(56(64)70)47(53(67)62-31-17-5-4-6-18-32-62)50-55(69)74-51(40-23-11-8-12-24-40)49(39-21-9-7-10-22-39)65(50)52(58)41-25-13-16-28-46(41)73-35-34-66/h7-16,21-30,36-37,47-52,66H,4-6,17-18,31-35H2,1-3H3,(H,59,71). The lowest BCUT2D eigenvalue weighted by molar-refractivity contribution is -0.179. The first-order chi connectivity index (χ1) is 36.1. The number of fused-ring (bicyclic) bond motifs is 4. The number of nitrogens with one attached hydrogen (secondary N) is 1. The summed E-state index contributed by atoms with van der Waals surface area (Å²) in [7, 11) is 1.23. The van der Waals surface area contributed by atoms with Crippen molar-refractivity contribution in [3.8, 4) is 17.6 Å². The first kappa shape index (κ1) is 49.7. The van der Waals surface area contributed by atoms with Crippen molar-refractivity contribution in [3.63, 3.8) is 0 Å². The van der Waals surface area contributed by atoms with Crippen LogP contribution in [0.15, 0.2) is 127 Å². The van der Waals surface area contributed by atoms with Gasteiger partial charge >= 0.3 is 18.0 Å². The molecule has 2 N–H and O–H groups in total. The Morgan fingerprint density at radius 1 is 0.838 bits per heavy atom. The van der Waals surface area contributed by atoms with Crippen molar-refractivity contribution in [1.29, 1.82) is 0 Å². The van der Waals surface area contributed by atoms with Crippen LogP contribution in [-0.4, -0.2) is 105 Å². The molecule has 3 fully saturated rings. The van der Waals surface area contributed by atoms with Gasteiger partial charge in [-0.05, 0) is 71.8 Å². The second kappa shape index (κ2) is 21.3. The number of imide groups is 1. The molecular weight excluding hydrogens is 939 g/mol. The molecule has 7 unspecified atom stereocenters. The van der Waals surface area contributed by atoms with E-state index in [4.69, 9.17) is 14.2 Å². The molecule has 16 heteroatoms. The molecule has 5 aromatic carbocycles. The zero-order valence-electron chi connectivity index (χ0n) is 41.6. The minimum Gasteiger partial charge on any atom is -0.491 e. The number of carbonyl (C=O) groups excluding carboxylic acids is 5. The van der Waals surface area contributed by atoms with Crippen LogP contribution in [0, 0.1) is 23.7 Å². The Labute approximate surface area is 429 Å². The molecule has 10 rings (SSSR count). The van der Waals surface area contributed by atoms with Gasteiger partial charge in [-0.3, -0.25) is 19.3 Å². The van der Waals surface area contributed by atoms with E-state index < -0.39 is 77.3 Å². The molecule has 380 valence electrons. The molecule has 0 aliphatic carbocycles. The highest BCUT2D eigenvalue weighted by Gasteiger charge is 2.76. The quantitative estimate of drug-likeness (QED) is 0.0983. The monoisotopic (exact) mass is 997 g/mol. The highest BCUT2D eigenvalue weighted by atomic mass is 16.6. The summed E-state index contributed by atoms with van der Waals surface area (Å²) in [5.41, 5.74) is 2.12. The van der Waals surface area contributed by atoms with Crippen molar-refractivity contribution in [2.24, 2.45) is 11.8 Å². The molecule has 74 heavy (non-hydrogen) atoms. The summed E-state index contributed by atoms with van der Waals surface area (Å²) in [6.45, 7) is 3.98. The summed E-state index contributed by atoms with van der Waals surface area (Å²) in [6, 6.07) is 33.1. The number of ether oxygens (including phenoxy) is 3. The van der Waals surface area contributed by atoms with Crippen LogP contribution in [0.1, 0.15) is 92.0 Å². The van der Waals surface area contributed by atoms with Gasteiger partial charge in [0.2, 0.25) is 11.8 Å². The van der Waals surface area contributed by atoms with Crippen LogP contribution in [0.5, 0.6) is 5.75 Å². The molecular formula is C58H59N7O9. The number of anilines is 1. The fourth-order valence-electron chi connectivity index (χ4n) is 11.7. The van der Waals surface area contributed by atoms with Crippen molar-refractivity contribution < 1.29 is 43.3 Å². The third-order valence-electron chi connectivity index (χ3n) is 14.9. The van der Waals surface area contributed by atoms with Crippen molar-refractivity contribution >= 4 is 46.5 Å². The summed E-state index contributed by atoms with van der Waals surface area (Å²) in [5, 5.41) is 21.6. The number of hydrogen-bond donors (Lipinski definition) is 2. The number of carbonyl (C=O) groups is 5. The van der Waals surface area contributed by atoms with Crippen LogP contribution >= 0.6 is 0 Å². The number of morpholine rings is 1. The van der Waals surface area contributed by atoms with Gasteiger partial charge < -0.3 is 29.5 Å². The summed E-state index contributed by atoms with van der Waals surface area (Å²) >= 11 is 0. The number of esters is 2. The molecule has 0 bridgehead atoms. The van der Waals surface area contributed by atoms with Gasteiger partial charge in [-0.1, -0.05) is 141 Å². The van der Waals surface area contributed by atoms with E-state index in [1.54, 1.807) is 59.8 Å². The zero-order chi connectivity index (χ0) is 51.5. The first-order valence-corrected chi connectivity index (χ1v) is 25.4. The van der Waals surface area contributed by atoms with E-state index in [1.807, 2.05) is 95.9 Å². The lowest BCUT2D eigenvalue weighted by Crippen LogP contribution is -2.58. The molecule has 4 aliphatic rings. The van der Waals surface area contributed by atoms with Gasteiger partial charge in [0.25, 0.3) is 0 Å². The minimum atomic E-state index is -2.11. The second-order valence-corrected chi connectivity index (χ2v) is 19.6. The van der Waals surface area contributed by atoms with Crippen molar-refractivity contribution in [2.45, 2.75) is 88.2 Å². The molecule has 0 radical (unpaired) electrons. The number of aliphatic hydroxyl groups excluding tert-OH is 1. The van der Waals surface area contributed by atoms with Crippen LogP contribution in [0.2, 0.25) is 0 Å². The third-order valence-corrected chi connectivity index (χ3v) is 14.9. The lowest BCUT2D eigenvalue weighted by Gasteiger charge is -2.46. The van der Waals surface area contributed by atoms with E-state index in [-0.39, 0.29) is 31.0 Å². The number of para-hydroxylation sites is 2. The highest BCUT2D eigenvalue weighted by Crippen LogP contribution is 2.67. The van der Waals surface area contributed by atoms with E-state index >= 15 is 19.2 Å². The number of likely N-dealkylation sites (tertiary alicyclic amines) is 1. The number of rotatable bonds is 11. The van der Waals surface area contributed by atoms with Gasteiger partial charge in [-0.25, -0.2) is 19.2 Å². The predicted octanol–water partition coefficient (Wildman–Crippen LogP) is 7.22. The Bertz CT molecular complexity index is 3130. The molecule has 7 atom stereocenters. The molecule has 3 saturated heterocycles. The number of nitrogens with zero attached hydrogens (tertiary/aromatic N) is 6. The number of methoxy groups -OCH3 is 1. The molecule has 1 spiro atoms. The summed E-state index contributed by atoms with van der Waals surface area (Å²) in [4.78, 5) is 82.5. The van der Waals surface area contributed by atoms with Crippen LogP contribution in [0.4, 0.5) is 10.5 Å². The molecule has 4 amide bonds. The van der Waals surface area contributed by atoms with Crippen LogP contribution in [0.3, 0.4) is 0 Å². The smallest absolute Gasteiger partial charge is 0.329 e. The Morgan fingerprint density at radius 3 is 2.23 bits per heavy atom. The SMILES string of the molecule is COC(=O)C(NC(=O)N1C(=O)C2(c3cc(C#CCn4nnc5ccccc54)ccc31)C(C(=O)N1CCCCCCC1)C1C(=O)OC(c3ccccc3)C(c3ccccc3)N1C2c1ccccc1OCCO)C(C)C. The number of aromatic nitrogens is 3. The molecule has 6 aromatic rings. The fourth-order valence-corrected chi connectivity index (χ4v) is 11.7. The highest BCUT2D eigenvalue weighted by molar-refractivity contribution is 6.25. The summed E-state index contributed by atoms with van der Waals surface area (Å²) < 4.78 is 19.9. The molecule has 1 aromatic heterocycles. The number of benzene rings is 5. The largest absolute Gasteiger partial charge is 0.491 e. The van der Waals surface area contributed by atoms with Crippen LogP contribution in [-0.2, 0) is 40.6 Å². The van der Waals surface area contributed by atoms with E-state index in [0.29, 0.717) is 53.9 Å². The van der Waals surface area contributed by atoms with Crippen LogP contribution in [0.25, 0.3) is 11.0 Å². The lowest BCUT2D eigenvalue weighted by atomic mass is 9.64. The third kappa shape index (κ3) is 8.83.